The van der Waals surface area contributed by atoms with Crippen LogP contribution in [0.25, 0.3) is 5.70 Å². The highest BCUT2D eigenvalue weighted by molar-refractivity contribution is 8.36. The zero-order valence-corrected chi connectivity index (χ0v) is 25.8. The molecule has 0 unspecified atom stereocenters. The number of nitrogens with zero attached hydrogens (tertiary/aromatic N) is 1. The molecule has 0 atom stereocenters. The summed E-state index contributed by atoms with van der Waals surface area (Å²) >= 11 is 0. The minimum atomic E-state index is -0.971. The largest absolute Gasteiger partial charge is 0.497 e. The highest BCUT2D eigenvalue weighted by Crippen LogP contribution is 2.58. The van der Waals surface area contributed by atoms with Gasteiger partial charge in [-0.25, -0.2) is 4.39 Å². The van der Waals surface area contributed by atoms with Crippen molar-refractivity contribution in [1.82, 2.24) is 5.32 Å². The van der Waals surface area contributed by atoms with Gasteiger partial charge in [-0.1, -0.05) is 52.2 Å². The van der Waals surface area contributed by atoms with E-state index in [1.165, 1.54) is 60.8 Å². The van der Waals surface area contributed by atoms with Crippen molar-refractivity contribution in [3.8, 4) is 5.75 Å². The quantitative estimate of drug-likeness (QED) is 0.252. The molecule has 0 saturated carbocycles. The molecule has 2 aromatic carbocycles. The number of hydrogen-bond donors (Lipinski definition) is 1. The molecule has 3 rings (SSSR count). The number of halogens is 1. The van der Waals surface area contributed by atoms with Gasteiger partial charge in [0, 0.05) is 25.4 Å². The summed E-state index contributed by atoms with van der Waals surface area (Å²) in [4.78, 5) is 4.95. The Bertz CT molecular complexity index is 968. The Kier molecular flexibility index (Phi) is 15.9. The van der Waals surface area contributed by atoms with Crippen LogP contribution >= 0.6 is 10.0 Å². The lowest BCUT2D eigenvalue weighted by atomic mass is 10.1. The molecule has 6 heteroatoms. The third-order valence-electron chi connectivity index (χ3n) is 6.92. The Balaban J connectivity index is 0.000000404. The van der Waals surface area contributed by atoms with Gasteiger partial charge in [0.25, 0.3) is 0 Å². The van der Waals surface area contributed by atoms with Crippen molar-refractivity contribution in [2.45, 2.75) is 78.7 Å². The zero-order chi connectivity index (χ0) is 28.3. The topological polar surface area (TPSA) is 42.9 Å². The summed E-state index contributed by atoms with van der Waals surface area (Å²) in [6.07, 6.45) is 11.7. The lowest BCUT2D eigenvalue weighted by Crippen LogP contribution is -2.28. The van der Waals surface area contributed by atoms with Crippen LogP contribution in [0, 0.1) is 5.82 Å². The predicted molar refractivity (Wildman–Crippen MR) is 170 cm³/mol. The van der Waals surface area contributed by atoms with Gasteiger partial charge in [0.1, 0.15) is 11.6 Å². The van der Waals surface area contributed by atoms with Gasteiger partial charge in [0.15, 0.2) is 0 Å². The summed E-state index contributed by atoms with van der Waals surface area (Å²) in [5, 5.41) is 5.26. The fourth-order valence-electron chi connectivity index (χ4n) is 4.63. The fourth-order valence-corrected chi connectivity index (χ4v) is 9.37. The van der Waals surface area contributed by atoms with Gasteiger partial charge in [-0.15, -0.1) is 0 Å². The van der Waals surface area contributed by atoms with Crippen LogP contribution in [0.1, 0.15) is 83.3 Å². The van der Waals surface area contributed by atoms with E-state index in [0.717, 1.165) is 42.0 Å². The maximum absolute atomic E-state index is 13.6. The van der Waals surface area contributed by atoms with Crippen molar-refractivity contribution in [2.24, 2.45) is 4.99 Å². The fraction of sp³-hybridized carbons (Fsp3) is 0.545. The highest BCUT2D eigenvalue weighted by Gasteiger charge is 2.31. The van der Waals surface area contributed by atoms with Crippen LogP contribution in [-0.2, 0) is 11.3 Å². The second kappa shape index (κ2) is 18.9. The van der Waals surface area contributed by atoms with E-state index >= 15 is 0 Å². The zero-order valence-electron chi connectivity index (χ0n) is 24.9. The summed E-state index contributed by atoms with van der Waals surface area (Å²) in [5.74, 6) is 4.55. The van der Waals surface area contributed by atoms with E-state index in [9.17, 15) is 4.39 Å². The molecule has 0 fully saturated rings. The average molecular weight is 559 g/mol. The number of benzene rings is 2. The van der Waals surface area contributed by atoms with Gasteiger partial charge in [-0.2, -0.15) is 10.0 Å². The van der Waals surface area contributed by atoms with E-state index in [1.807, 2.05) is 36.4 Å². The lowest BCUT2D eigenvalue weighted by molar-refractivity contribution is 0.185. The lowest BCUT2D eigenvalue weighted by Gasteiger charge is -2.44. The van der Waals surface area contributed by atoms with Crippen LogP contribution in [0.4, 0.5) is 4.39 Å². The standard InChI is InChI=1S/C24H39FN2S.C9H12O2/c1-4-7-18-28(19-8-5-2,20-9-6-3)24-23(26-16-10-11-17-27-24)21-12-14-22(25)15-13-21;1-10-7-8-3-5-9(11-2)6-4-8/h12-16,27H,4-11,17-20H2,1-3H3;3-6H,7H2,1-2H3/b24-23+,26-16?;. The molecule has 0 bridgehead atoms. The number of aliphatic imine (C=N–C) groups is 1. The smallest absolute Gasteiger partial charge is 0.123 e. The van der Waals surface area contributed by atoms with E-state index < -0.39 is 10.0 Å². The average Bonchev–Trinajstić information content (AvgIpc) is 2.95. The monoisotopic (exact) mass is 558 g/mol. The molecule has 4 nitrogen and oxygen atoms in total. The van der Waals surface area contributed by atoms with Crippen molar-refractivity contribution < 1.29 is 13.9 Å². The molecule has 1 N–H and O–H groups in total. The summed E-state index contributed by atoms with van der Waals surface area (Å²) in [6, 6.07) is 14.8. The molecule has 0 radical (unpaired) electrons. The van der Waals surface area contributed by atoms with Gasteiger partial charge >= 0.3 is 0 Å². The van der Waals surface area contributed by atoms with Crippen molar-refractivity contribution in [3.05, 3.63) is 70.5 Å². The first-order valence-corrected chi connectivity index (χ1v) is 16.8. The first kappa shape index (κ1) is 32.9. The molecule has 0 saturated heterocycles. The van der Waals surface area contributed by atoms with E-state index in [0.29, 0.717) is 6.61 Å². The van der Waals surface area contributed by atoms with E-state index in [2.05, 4.69) is 32.3 Å². The van der Waals surface area contributed by atoms with Crippen molar-refractivity contribution in [1.29, 1.82) is 0 Å². The van der Waals surface area contributed by atoms with Crippen LogP contribution in [0.3, 0.4) is 0 Å². The van der Waals surface area contributed by atoms with Crippen LogP contribution in [-0.4, -0.2) is 44.2 Å². The number of ether oxygens (including phenoxy) is 2. The number of unbranched alkanes of at least 4 members (excludes halogenated alkanes) is 3. The molecule has 0 aliphatic carbocycles. The molecule has 39 heavy (non-hydrogen) atoms. The van der Waals surface area contributed by atoms with Gasteiger partial charge in [-0.3, -0.25) is 4.99 Å². The van der Waals surface area contributed by atoms with E-state index in [4.69, 9.17) is 14.5 Å². The molecule has 1 heterocycles. The third kappa shape index (κ3) is 11.0. The molecule has 2 aromatic rings. The van der Waals surface area contributed by atoms with E-state index in [-0.39, 0.29) is 5.82 Å². The maximum Gasteiger partial charge on any atom is 0.123 e. The molecule has 218 valence electrons. The first-order chi connectivity index (χ1) is 19.0. The Hall–Kier alpha value is -2.31. The van der Waals surface area contributed by atoms with Crippen molar-refractivity contribution in [2.75, 3.05) is 38.0 Å². The summed E-state index contributed by atoms with van der Waals surface area (Å²) in [5.41, 5.74) is 3.27. The SMILES string of the molecule is CCCCS(CCCC)(CCCC)/C1=C(\c2ccc(F)cc2)N=CCCCN1.COCc1ccc(OC)cc1. The van der Waals surface area contributed by atoms with Gasteiger partial charge in [0.05, 0.1) is 24.4 Å². The third-order valence-corrected chi connectivity index (χ3v) is 11.3. The molecule has 1 aliphatic rings. The minimum Gasteiger partial charge on any atom is -0.497 e. The Morgan fingerprint density at radius 1 is 0.846 bits per heavy atom. The van der Waals surface area contributed by atoms with Crippen LogP contribution in [0.15, 0.2) is 58.6 Å². The minimum absolute atomic E-state index is 0.185. The second-order valence-corrected chi connectivity index (χ2v) is 13.8. The Morgan fingerprint density at radius 3 is 1.95 bits per heavy atom. The van der Waals surface area contributed by atoms with Gasteiger partial charge in [0.2, 0.25) is 0 Å². The summed E-state index contributed by atoms with van der Waals surface area (Å²) in [6.45, 7) is 8.55. The van der Waals surface area contributed by atoms with Crippen LogP contribution in [0.2, 0.25) is 0 Å². The maximum atomic E-state index is 13.6. The highest BCUT2D eigenvalue weighted by atomic mass is 32.3. The van der Waals surface area contributed by atoms with Crippen molar-refractivity contribution >= 4 is 21.9 Å². The molecule has 1 aliphatic heterocycles. The van der Waals surface area contributed by atoms with Crippen LogP contribution < -0.4 is 10.1 Å². The number of hydrogen-bond acceptors (Lipinski definition) is 4. The number of nitrogens with one attached hydrogen (secondary N) is 1. The first-order valence-electron chi connectivity index (χ1n) is 14.7. The molecular formula is C33H51FN2O2S. The number of methoxy groups -OCH3 is 2. The summed E-state index contributed by atoms with van der Waals surface area (Å²) < 4.78 is 23.5. The summed E-state index contributed by atoms with van der Waals surface area (Å²) in [7, 11) is 2.37. The molecule has 0 aromatic heterocycles. The Labute approximate surface area is 238 Å². The van der Waals surface area contributed by atoms with Crippen LogP contribution in [0.5, 0.6) is 5.75 Å². The normalized spacial score (nSPS) is 15.9. The number of rotatable bonds is 14. The van der Waals surface area contributed by atoms with Crippen molar-refractivity contribution in [3.63, 3.8) is 0 Å². The predicted octanol–water partition coefficient (Wildman–Crippen LogP) is 8.95. The Morgan fingerprint density at radius 2 is 1.44 bits per heavy atom. The van der Waals surface area contributed by atoms with Gasteiger partial charge < -0.3 is 14.8 Å². The second-order valence-electron chi connectivity index (χ2n) is 10.1. The molecular weight excluding hydrogens is 507 g/mol. The van der Waals surface area contributed by atoms with E-state index in [1.54, 1.807) is 26.4 Å². The molecule has 0 amide bonds. The molecule has 0 spiro atoms. The van der Waals surface area contributed by atoms with Gasteiger partial charge in [-0.05, 0) is 91.3 Å².